The molecule has 0 nitrogen and oxygen atoms in total. The minimum Gasteiger partial charge on any atom is -0.103 e. The highest BCUT2D eigenvalue weighted by atomic mass is 14.6. The zero-order chi connectivity index (χ0) is 13.8. The number of hydrogen-bond donors (Lipinski definition) is 0. The molecule has 0 heteroatoms. The predicted molar refractivity (Wildman–Crippen MR) is 85.4 cm³/mol. The zero-order valence-electron chi connectivity index (χ0n) is 13.1. The third-order valence-corrected chi connectivity index (χ3v) is 7.85. The molecule has 4 aliphatic rings. The van der Waals surface area contributed by atoms with Crippen molar-refractivity contribution in [1.82, 2.24) is 0 Å². The Bertz CT molecular complexity index is 433. The molecular weight excluding hydrogens is 240 g/mol. The lowest BCUT2D eigenvalue weighted by Gasteiger charge is -2.60. The monoisotopic (exact) mass is 270 g/mol. The van der Waals surface area contributed by atoms with Crippen LogP contribution in [0.4, 0.5) is 0 Å². The Morgan fingerprint density at radius 2 is 1.95 bits per heavy atom. The van der Waals surface area contributed by atoms with Crippen LogP contribution in [0.3, 0.4) is 0 Å². The Balaban J connectivity index is 1.69. The third-order valence-electron chi connectivity index (χ3n) is 7.85. The molecular formula is C20H30. The highest BCUT2D eigenvalue weighted by Crippen LogP contribution is 2.65. The first kappa shape index (κ1) is 13.2. The van der Waals surface area contributed by atoms with Gasteiger partial charge in [-0.25, -0.2) is 0 Å². The summed E-state index contributed by atoms with van der Waals surface area (Å²) in [4.78, 5) is 0. The summed E-state index contributed by atoms with van der Waals surface area (Å²) in [5, 5.41) is 0. The molecule has 0 aromatic carbocycles. The highest BCUT2D eigenvalue weighted by Gasteiger charge is 2.56. The lowest BCUT2D eigenvalue weighted by Crippen LogP contribution is -2.52. The van der Waals surface area contributed by atoms with Crippen molar-refractivity contribution in [2.75, 3.05) is 0 Å². The van der Waals surface area contributed by atoms with Crippen molar-refractivity contribution >= 4 is 0 Å². The van der Waals surface area contributed by atoms with Crippen LogP contribution in [0, 0.1) is 34.5 Å². The van der Waals surface area contributed by atoms with Crippen molar-refractivity contribution in [3.63, 3.8) is 0 Å². The maximum Gasteiger partial charge on any atom is -0.00617 e. The van der Waals surface area contributed by atoms with E-state index in [1.54, 1.807) is 0 Å². The number of fused-ring (bicyclic) bond motifs is 5. The van der Waals surface area contributed by atoms with Crippen molar-refractivity contribution in [1.29, 1.82) is 0 Å². The van der Waals surface area contributed by atoms with Gasteiger partial charge in [-0.2, -0.15) is 0 Å². The Morgan fingerprint density at radius 1 is 1.05 bits per heavy atom. The molecule has 20 heavy (non-hydrogen) atoms. The van der Waals surface area contributed by atoms with Crippen molar-refractivity contribution in [2.24, 2.45) is 34.5 Å². The van der Waals surface area contributed by atoms with Crippen LogP contribution < -0.4 is 0 Å². The third kappa shape index (κ3) is 1.60. The van der Waals surface area contributed by atoms with Gasteiger partial charge in [0.1, 0.15) is 0 Å². The molecule has 0 saturated heterocycles. The second-order valence-electron chi connectivity index (χ2n) is 8.40. The Labute approximate surface area is 124 Å². The molecule has 0 heterocycles. The molecule has 4 rings (SSSR count). The van der Waals surface area contributed by atoms with Crippen molar-refractivity contribution in [2.45, 2.75) is 64.7 Å². The highest BCUT2D eigenvalue weighted by molar-refractivity contribution is 5.18. The van der Waals surface area contributed by atoms with Gasteiger partial charge in [0.25, 0.3) is 0 Å². The van der Waals surface area contributed by atoms with Gasteiger partial charge in [0.15, 0.2) is 0 Å². The summed E-state index contributed by atoms with van der Waals surface area (Å²) in [5.41, 5.74) is 1.05. The van der Waals surface area contributed by atoms with Crippen molar-refractivity contribution in [3.05, 3.63) is 24.8 Å². The maximum atomic E-state index is 4.34. The average molecular weight is 270 g/mol. The Morgan fingerprint density at radius 3 is 2.80 bits per heavy atom. The number of allylic oxidation sites excluding steroid dienone is 3. The van der Waals surface area contributed by atoms with Gasteiger partial charge in [-0.05, 0) is 79.4 Å². The Kier molecular flexibility index (Phi) is 2.95. The first-order valence-electron chi connectivity index (χ1n) is 9.01. The lowest BCUT2D eigenvalue weighted by molar-refractivity contribution is -0.0803. The van der Waals surface area contributed by atoms with E-state index in [9.17, 15) is 0 Å². The summed E-state index contributed by atoms with van der Waals surface area (Å²) in [7, 11) is 0. The molecule has 0 spiro atoms. The molecule has 3 fully saturated rings. The Hall–Kier alpha value is -0.520. The summed E-state index contributed by atoms with van der Waals surface area (Å²) in [6.45, 7) is 6.87. The van der Waals surface area contributed by atoms with Gasteiger partial charge >= 0.3 is 0 Å². The van der Waals surface area contributed by atoms with Gasteiger partial charge in [-0.3, -0.25) is 0 Å². The fourth-order valence-electron chi connectivity index (χ4n) is 6.85. The van der Waals surface area contributed by atoms with E-state index in [0.717, 1.165) is 23.7 Å². The molecule has 4 aliphatic carbocycles. The van der Waals surface area contributed by atoms with Gasteiger partial charge in [-0.15, -0.1) is 6.58 Å². The molecule has 0 radical (unpaired) electrons. The predicted octanol–water partition coefficient (Wildman–Crippen LogP) is 5.75. The van der Waals surface area contributed by atoms with Gasteiger partial charge < -0.3 is 0 Å². The van der Waals surface area contributed by atoms with E-state index >= 15 is 0 Å². The molecule has 6 atom stereocenters. The first-order chi connectivity index (χ1) is 9.70. The number of hydrogen-bond acceptors (Lipinski definition) is 0. The number of rotatable bonds is 1. The molecule has 3 saturated carbocycles. The molecule has 0 amide bonds. The summed E-state index contributed by atoms with van der Waals surface area (Å²) in [6.07, 6.45) is 20.6. The van der Waals surface area contributed by atoms with Crippen LogP contribution in [-0.2, 0) is 0 Å². The van der Waals surface area contributed by atoms with Crippen LogP contribution in [0.2, 0.25) is 0 Å². The summed E-state index contributed by atoms with van der Waals surface area (Å²) >= 11 is 0. The molecule has 0 aromatic rings. The van der Waals surface area contributed by atoms with Gasteiger partial charge in [-0.1, -0.05) is 38.0 Å². The smallest absolute Gasteiger partial charge is 0.00617 e. The lowest BCUT2D eigenvalue weighted by atomic mass is 9.45. The van der Waals surface area contributed by atoms with Crippen LogP contribution >= 0.6 is 0 Å². The van der Waals surface area contributed by atoms with Gasteiger partial charge in [0.2, 0.25) is 0 Å². The second kappa shape index (κ2) is 4.49. The maximum absolute atomic E-state index is 4.34. The molecule has 0 N–H and O–H groups in total. The summed E-state index contributed by atoms with van der Waals surface area (Å²) in [6, 6.07) is 0. The van der Waals surface area contributed by atoms with Crippen LogP contribution in [0.25, 0.3) is 0 Å². The van der Waals surface area contributed by atoms with Crippen LogP contribution in [0.1, 0.15) is 64.7 Å². The summed E-state index contributed by atoms with van der Waals surface area (Å²) in [5.74, 6) is 3.85. The SMILES string of the molecule is C=C[C@]12CCCCC1CC[C@H]1[C@@H]3CC=C[C@@]3(C)CC[C@@H]12. The second-order valence-corrected chi connectivity index (χ2v) is 8.40. The van der Waals surface area contributed by atoms with Crippen LogP contribution in [0.5, 0.6) is 0 Å². The van der Waals surface area contributed by atoms with E-state index in [0.29, 0.717) is 10.8 Å². The van der Waals surface area contributed by atoms with Gasteiger partial charge in [0.05, 0.1) is 0 Å². The molecule has 0 bridgehead atoms. The van der Waals surface area contributed by atoms with Crippen molar-refractivity contribution in [3.8, 4) is 0 Å². The van der Waals surface area contributed by atoms with Crippen molar-refractivity contribution < 1.29 is 0 Å². The van der Waals surface area contributed by atoms with E-state index in [4.69, 9.17) is 0 Å². The molecule has 0 aliphatic heterocycles. The molecule has 110 valence electrons. The van der Waals surface area contributed by atoms with E-state index < -0.39 is 0 Å². The average Bonchev–Trinajstić information content (AvgIpc) is 2.88. The molecule has 0 aromatic heterocycles. The van der Waals surface area contributed by atoms with E-state index in [1.165, 1.54) is 57.8 Å². The van der Waals surface area contributed by atoms with E-state index in [2.05, 4.69) is 31.7 Å². The minimum atomic E-state index is 0.519. The zero-order valence-corrected chi connectivity index (χ0v) is 13.1. The first-order valence-corrected chi connectivity index (χ1v) is 9.01. The van der Waals surface area contributed by atoms with E-state index in [1.807, 2.05) is 0 Å². The minimum absolute atomic E-state index is 0.519. The van der Waals surface area contributed by atoms with Crippen LogP contribution in [-0.4, -0.2) is 0 Å². The normalized spacial score (nSPS) is 53.9. The fraction of sp³-hybridized carbons (Fsp3) is 0.800. The summed E-state index contributed by atoms with van der Waals surface area (Å²) < 4.78 is 0. The van der Waals surface area contributed by atoms with Gasteiger partial charge in [0, 0.05) is 0 Å². The molecule has 1 unspecified atom stereocenters. The quantitative estimate of drug-likeness (QED) is 0.532. The van der Waals surface area contributed by atoms with E-state index in [-0.39, 0.29) is 0 Å². The van der Waals surface area contributed by atoms with Crippen LogP contribution in [0.15, 0.2) is 24.8 Å². The topological polar surface area (TPSA) is 0 Å². The largest absolute Gasteiger partial charge is 0.103 e. The standard InChI is InChI=1S/C20H30/c1-3-20-13-5-4-7-15(20)9-10-16-17-8-6-12-19(17,2)14-11-18(16)20/h3,6,12,15-18H,1,4-5,7-11,13-14H2,2H3/t15?,16-,17-,18-,19-,20-/m0/s1. The fourth-order valence-corrected chi connectivity index (χ4v) is 6.85.